The average molecular weight is 270 g/mol. The number of hydrogen-bond acceptors (Lipinski definition) is 5. The number of thiazole rings is 1. The zero-order valence-electron chi connectivity index (χ0n) is 11.0. The topological polar surface area (TPSA) is 65.2 Å². The molecule has 2 N–H and O–H groups in total. The fraction of sp³-hybridized carbons (Fsp3) is 0.692. The summed E-state index contributed by atoms with van der Waals surface area (Å²) in [5.41, 5.74) is 5.82. The van der Waals surface area contributed by atoms with E-state index in [1.54, 1.807) is 5.38 Å². The van der Waals surface area contributed by atoms with Crippen LogP contribution in [-0.4, -0.2) is 17.6 Å². The fourth-order valence-corrected chi connectivity index (χ4v) is 2.26. The highest BCUT2D eigenvalue weighted by Crippen LogP contribution is 2.10. The fourth-order valence-electron chi connectivity index (χ4n) is 1.62. The third-order valence-electron chi connectivity index (χ3n) is 2.67. The Balaban J connectivity index is 2.10. The summed E-state index contributed by atoms with van der Waals surface area (Å²) in [5.74, 6) is -0.334. The second-order valence-electron chi connectivity index (χ2n) is 4.23. The van der Waals surface area contributed by atoms with Gasteiger partial charge in [-0.1, -0.05) is 39.0 Å². The van der Waals surface area contributed by atoms with Crippen molar-refractivity contribution in [2.24, 2.45) is 5.73 Å². The summed E-state index contributed by atoms with van der Waals surface area (Å²) in [7, 11) is 0. The monoisotopic (exact) mass is 270 g/mol. The van der Waals surface area contributed by atoms with E-state index < -0.39 is 0 Å². The molecule has 0 aliphatic rings. The molecule has 102 valence electrons. The summed E-state index contributed by atoms with van der Waals surface area (Å²) >= 11 is 1.39. The summed E-state index contributed by atoms with van der Waals surface area (Å²) in [6, 6.07) is 0. The van der Waals surface area contributed by atoms with E-state index >= 15 is 0 Å². The van der Waals surface area contributed by atoms with Crippen LogP contribution in [0, 0.1) is 0 Å². The molecule has 1 heterocycles. The second-order valence-corrected chi connectivity index (χ2v) is 5.18. The van der Waals surface area contributed by atoms with Gasteiger partial charge >= 0.3 is 5.97 Å². The molecule has 1 rings (SSSR count). The van der Waals surface area contributed by atoms with Crippen molar-refractivity contribution in [3.05, 3.63) is 16.1 Å². The molecule has 0 aromatic carbocycles. The number of ether oxygens (including phenoxy) is 1. The van der Waals surface area contributed by atoms with Gasteiger partial charge < -0.3 is 10.5 Å². The minimum Gasteiger partial charge on any atom is -0.461 e. The van der Waals surface area contributed by atoms with Gasteiger partial charge in [-0.05, 0) is 6.42 Å². The molecule has 0 amide bonds. The Morgan fingerprint density at radius 2 is 2.06 bits per heavy atom. The number of esters is 1. The van der Waals surface area contributed by atoms with E-state index in [1.807, 2.05) is 0 Å². The van der Waals surface area contributed by atoms with Crippen molar-refractivity contribution in [1.82, 2.24) is 4.98 Å². The SMILES string of the molecule is CCCCCCCCOC(=O)c1csc(CN)n1. The first-order valence-electron chi connectivity index (χ1n) is 6.59. The molecule has 0 spiro atoms. The molecule has 0 atom stereocenters. The molecule has 0 radical (unpaired) electrons. The molecule has 0 saturated heterocycles. The van der Waals surface area contributed by atoms with Gasteiger partial charge in [0.25, 0.3) is 0 Å². The molecule has 0 bridgehead atoms. The number of nitrogens with zero attached hydrogens (tertiary/aromatic N) is 1. The van der Waals surface area contributed by atoms with Gasteiger partial charge in [0, 0.05) is 11.9 Å². The molecule has 0 aliphatic carbocycles. The van der Waals surface area contributed by atoms with Gasteiger partial charge in [-0.25, -0.2) is 9.78 Å². The summed E-state index contributed by atoms with van der Waals surface area (Å²) in [5, 5.41) is 2.47. The lowest BCUT2D eigenvalue weighted by atomic mass is 10.1. The van der Waals surface area contributed by atoms with Crippen molar-refractivity contribution >= 4 is 17.3 Å². The standard InChI is InChI=1S/C13H22N2O2S/c1-2-3-4-5-6-7-8-17-13(16)11-10-18-12(9-14)15-11/h10H,2-9,14H2,1H3. The zero-order valence-corrected chi connectivity index (χ0v) is 11.8. The minimum absolute atomic E-state index is 0.334. The van der Waals surface area contributed by atoms with E-state index in [9.17, 15) is 4.79 Å². The molecule has 0 saturated carbocycles. The van der Waals surface area contributed by atoms with Crippen molar-refractivity contribution in [1.29, 1.82) is 0 Å². The molecular weight excluding hydrogens is 248 g/mol. The number of carbonyl (C=O) groups is 1. The van der Waals surface area contributed by atoms with Crippen molar-refractivity contribution in [3.63, 3.8) is 0 Å². The van der Waals surface area contributed by atoms with Crippen molar-refractivity contribution < 1.29 is 9.53 Å². The Hall–Kier alpha value is -0.940. The molecular formula is C13H22N2O2S. The van der Waals surface area contributed by atoms with Gasteiger partial charge in [0.2, 0.25) is 0 Å². The maximum Gasteiger partial charge on any atom is 0.357 e. The van der Waals surface area contributed by atoms with Crippen molar-refractivity contribution in [2.45, 2.75) is 52.0 Å². The number of hydrogen-bond donors (Lipinski definition) is 1. The number of aromatic nitrogens is 1. The molecule has 0 unspecified atom stereocenters. The Morgan fingerprint density at radius 1 is 1.33 bits per heavy atom. The Labute approximate surface area is 113 Å². The van der Waals surface area contributed by atoms with E-state index in [-0.39, 0.29) is 5.97 Å². The molecule has 0 aliphatic heterocycles. The van der Waals surface area contributed by atoms with Gasteiger partial charge in [0.1, 0.15) is 5.01 Å². The van der Waals surface area contributed by atoms with E-state index in [1.165, 1.54) is 37.0 Å². The van der Waals surface area contributed by atoms with Crippen LogP contribution >= 0.6 is 11.3 Å². The molecule has 1 aromatic heterocycles. The number of nitrogens with two attached hydrogens (primary N) is 1. The second kappa shape index (κ2) is 9.05. The number of unbranched alkanes of at least 4 members (excludes halogenated alkanes) is 5. The van der Waals surface area contributed by atoms with Crippen LogP contribution in [0.15, 0.2) is 5.38 Å². The zero-order chi connectivity index (χ0) is 13.2. The van der Waals surface area contributed by atoms with Crippen LogP contribution in [0.4, 0.5) is 0 Å². The lowest BCUT2D eigenvalue weighted by molar-refractivity contribution is 0.0491. The summed E-state index contributed by atoms with van der Waals surface area (Å²) in [4.78, 5) is 15.7. The van der Waals surface area contributed by atoms with E-state index in [4.69, 9.17) is 10.5 Å². The predicted molar refractivity (Wildman–Crippen MR) is 73.7 cm³/mol. The van der Waals surface area contributed by atoms with Crippen LogP contribution in [0.25, 0.3) is 0 Å². The predicted octanol–water partition coefficient (Wildman–Crippen LogP) is 3.12. The van der Waals surface area contributed by atoms with E-state index in [0.29, 0.717) is 18.8 Å². The van der Waals surface area contributed by atoms with Crippen LogP contribution in [0.1, 0.15) is 60.9 Å². The van der Waals surface area contributed by atoms with Gasteiger partial charge in [-0.2, -0.15) is 0 Å². The van der Waals surface area contributed by atoms with Gasteiger partial charge in [-0.15, -0.1) is 11.3 Å². The number of carbonyl (C=O) groups excluding carboxylic acids is 1. The highest BCUT2D eigenvalue weighted by molar-refractivity contribution is 7.09. The lowest BCUT2D eigenvalue weighted by Gasteiger charge is -2.02. The highest BCUT2D eigenvalue weighted by Gasteiger charge is 2.11. The van der Waals surface area contributed by atoms with Crippen LogP contribution < -0.4 is 5.73 Å². The average Bonchev–Trinajstić information content (AvgIpc) is 2.86. The molecule has 4 nitrogen and oxygen atoms in total. The summed E-state index contributed by atoms with van der Waals surface area (Å²) in [6.45, 7) is 3.06. The van der Waals surface area contributed by atoms with Crippen LogP contribution in [0.3, 0.4) is 0 Å². The largest absolute Gasteiger partial charge is 0.461 e. The third-order valence-corrected chi connectivity index (χ3v) is 3.54. The normalized spacial score (nSPS) is 10.6. The first-order valence-corrected chi connectivity index (χ1v) is 7.47. The highest BCUT2D eigenvalue weighted by atomic mass is 32.1. The first-order chi connectivity index (χ1) is 8.77. The van der Waals surface area contributed by atoms with Gasteiger partial charge in [0.05, 0.1) is 6.61 Å². The van der Waals surface area contributed by atoms with E-state index in [0.717, 1.165) is 17.8 Å². The van der Waals surface area contributed by atoms with Crippen molar-refractivity contribution in [2.75, 3.05) is 6.61 Å². The quantitative estimate of drug-likeness (QED) is 0.553. The van der Waals surface area contributed by atoms with E-state index in [2.05, 4.69) is 11.9 Å². The Kier molecular flexibility index (Phi) is 7.60. The Bertz CT molecular complexity index is 353. The summed E-state index contributed by atoms with van der Waals surface area (Å²) in [6.07, 6.45) is 7.10. The molecule has 1 aromatic rings. The maximum atomic E-state index is 11.6. The van der Waals surface area contributed by atoms with Crippen LogP contribution in [0.2, 0.25) is 0 Å². The summed E-state index contributed by atoms with van der Waals surface area (Å²) < 4.78 is 5.16. The minimum atomic E-state index is -0.334. The maximum absolute atomic E-state index is 11.6. The number of rotatable bonds is 9. The molecule has 18 heavy (non-hydrogen) atoms. The smallest absolute Gasteiger partial charge is 0.357 e. The van der Waals surface area contributed by atoms with Crippen molar-refractivity contribution in [3.8, 4) is 0 Å². The van der Waals surface area contributed by atoms with Crippen LogP contribution in [-0.2, 0) is 11.3 Å². The van der Waals surface area contributed by atoms with Gasteiger partial charge in [-0.3, -0.25) is 0 Å². The third kappa shape index (κ3) is 5.60. The first kappa shape index (κ1) is 15.1. The molecule has 0 fully saturated rings. The van der Waals surface area contributed by atoms with Gasteiger partial charge in [0.15, 0.2) is 5.69 Å². The lowest BCUT2D eigenvalue weighted by Crippen LogP contribution is -2.07. The molecule has 5 heteroatoms. The Morgan fingerprint density at radius 3 is 2.72 bits per heavy atom. The van der Waals surface area contributed by atoms with Crippen LogP contribution in [0.5, 0.6) is 0 Å².